The van der Waals surface area contributed by atoms with Gasteiger partial charge in [0, 0.05) is 6.04 Å². The fourth-order valence-corrected chi connectivity index (χ4v) is 2.35. The second kappa shape index (κ2) is 6.57. The van der Waals surface area contributed by atoms with Crippen LogP contribution in [0.1, 0.15) is 41.0 Å². The van der Waals surface area contributed by atoms with Crippen LogP contribution >= 0.6 is 0 Å². The molecule has 0 saturated heterocycles. The third-order valence-electron chi connectivity index (χ3n) is 3.85. The summed E-state index contributed by atoms with van der Waals surface area (Å²) in [7, 11) is -1.80. The van der Waals surface area contributed by atoms with E-state index in [4.69, 9.17) is 4.43 Å². The Labute approximate surface area is 115 Å². The monoisotopic (exact) mass is 269 g/mol. The van der Waals surface area contributed by atoms with Gasteiger partial charge in [-0.25, -0.2) is 0 Å². The fourth-order valence-electron chi connectivity index (χ4n) is 1.26. The molecule has 0 fully saturated rings. The van der Waals surface area contributed by atoms with Crippen molar-refractivity contribution in [3.8, 4) is 0 Å². The summed E-state index contributed by atoms with van der Waals surface area (Å²) in [5, 5.41) is 3.66. The van der Waals surface area contributed by atoms with Gasteiger partial charge in [0.2, 0.25) is 8.32 Å². The highest BCUT2D eigenvalue weighted by Crippen LogP contribution is 2.38. The first kappa shape index (κ1) is 17.5. The zero-order valence-electron chi connectivity index (χ0n) is 13.3. The highest BCUT2D eigenvalue weighted by Gasteiger charge is 2.39. The summed E-state index contributed by atoms with van der Waals surface area (Å²) < 4.78 is 6.21. The molecule has 0 aromatic rings. The maximum Gasteiger partial charge on any atom is 0.250 e. The molecule has 18 heavy (non-hydrogen) atoms. The molecule has 1 N–H and O–H groups in total. The van der Waals surface area contributed by atoms with Gasteiger partial charge in [-0.1, -0.05) is 40.3 Å². The van der Waals surface area contributed by atoms with E-state index in [9.17, 15) is 0 Å². The molecule has 0 aliphatic carbocycles. The van der Waals surface area contributed by atoms with Crippen LogP contribution in [0.2, 0.25) is 18.1 Å². The summed E-state index contributed by atoms with van der Waals surface area (Å²) in [5.74, 6) is 0.803. The van der Waals surface area contributed by atoms with Gasteiger partial charge in [-0.05, 0) is 31.5 Å². The van der Waals surface area contributed by atoms with E-state index in [0.29, 0.717) is 6.04 Å². The molecule has 2 atom stereocenters. The van der Waals surface area contributed by atoms with Crippen LogP contribution < -0.4 is 5.32 Å². The summed E-state index contributed by atoms with van der Waals surface area (Å²) in [6.07, 6.45) is 2.96. The topological polar surface area (TPSA) is 21.3 Å². The van der Waals surface area contributed by atoms with Gasteiger partial charge in [-0.2, -0.15) is 0 Å². The molecule has 0 bridgehead atoms. The number of rotatable bonds is 7. The van der Waals surface area contributed by atoms with Crippen LogP contribution in [0.25, 0.3) is 0 Å². The summed E-state index contributed by atoms with van der Waals surface area (Å²) >= 11 is 0. The Morgan fingerprint density at radius 3 is 2.22 bits per heavy atom. The lowest BCUT2D eigenvalue weighted by Crippen LogP contribution is -2.44. The fraction of sp³-hybridized carbons (Fsp3) is 0.733. The molecular formula is C15H31NOSi. The Bertz CT molecular complexity index is 291. The zero-order valence-corrected chi connectivity index (χ0v) is 14.3. The molecule has 0 aromatic carbocycles. The van der Waals surface area contributed by atoms with Crippen molar-refractivity contribution in [3.63, 3.8) is 0 Å². The lowest BCUT2D eigenvalue weighted by Gasteiger charge is -2.38. The lowest BCUT2D eigenvalue weighted by atomic mass is 10.2. The number of nitrogens with one attached hydrogen (secondary N) is 1. The Kier molecular flexibility index (Phi) is 6.38. The van der Waals surface area contributed by atoms with E-state index in [-0.39, 0.29) is 11.1 Å². The maximum absolute atomic E-state index is 6.21. The minimum Gasteiger partial charge on any atom is -0.545 e. The minimum absolute atomic E-state index is 0.0362. The van der Waals surface area contributed by atoms with Crippen molar-refractivity contribution in [1.29, 1.82) is 0 Å². The van der Waals surface area contributed by atoms with Crippen molar-refractivity contribution in [2.24, 2.45) is 0 Å². The smallest absolute Gasteiger partial charge is 0.250 e. The van der Waals surface area contributed by atoms with Gasteiger partial charge in [0.05, 0.1) is 11.8 Å². The van der Waals surface area contributed by atoms with Gasteiger partial charge in [0.1, 0.15) is 0 Å². The van der Waals surface area contributed by atoms with Crippen LogP contribution in [0.3, 0.4) is 0 Å². The Morgan fingerprint density at radius 1 is 1.39 bits per heavy atom. The number of hydrogen-bond donors (Lipinski definition) is 1. The first-order chi connectivity index (χ1) is 8.05. The van der Waals surface area contributed by atoms with Gasteiger partial charge >= 0.3 is 0 Å². The maximum atomic E-state index is 6.21. The van der Waals surface area contributed by atoms with Crippen LogP contribution in [0, 0.1) is 0 Å². The SMILES string of the molecule is C=C[C@H](N[C@@H](C)CC)C(=C)O[Si](C)(C)C(C)(C)C. The standard InChI is InChI=1S/C15H31NOSi/c1-10-12(3)16-14(11-2)13(4)17-18(8,9)15(5,6)7/h11-12,14,16H,2,4,10H2,1,3,5-9H3/t12-,14-/m0/s1. The quantitative estimate of drug-likeness (QED) is 0.418. The van der Waals surface area contributed by atoms with E-state index in [1.165, 1.54) is 0 Å². The van der Waals surface area contributed by atoms with E-state index in [2.05, 4.69) is 66.2 Å². The molecule has 0 rings (SSSR count). The minimum atomic E-state index is -1.80. The molecule has 0 aliphatic rings. The highest BCUT2D eigenvalue weighted by atomic mass is 28.4. The molecule has 0 amide bonds. The molecule has 0 aliphatic heterocycles. The van der Waals surface area contributed by atoms with Crippen LogP contribution in [0.15, 0.2) is 25.0 Å². The molecule has 0 aromatic heterocycles. The van der Waals surface area contributed by atoms with Gasteiger partial charge in [0.25, 0.3) is 0 Å². The Balaban J connectivity index is 4.68. The third-order valence-corrected chi connectivity index (χ3v) is 8.24. The molecule has 0 heterocycles. The van der Waals surface area contributed by atoms with Crippen molar-refractivity contribution in [1.82, 2.24) is 5.32 Å². The van der Waals surface area contributed by atoms with Crippen LogP contribution in [0.5, 0.6) is 0 Å². The van der Waals surface area contributed by atoms with Crippen molar-refractivity contribution >= 4 is 8.32 Å². The second-order valence-corrected chi connectivity index (χ2v) is 11.2. The summed E-state index contributed by atoms with van der Waals surface area (Å²) in [6, 6.07) is 0.474. The van der Waals surface area contributed by atoms with Crippen molar-refractivity contribution < 1.29 is 4.43 Å². The average Bonchev–Trinajstić information content (AvgIpc) is 2.22. The Morgan fingerprint density at radius 2 is 1.89 bits per heavy atom. The molecular weight excluding hydrogens is 238 g/mol. The van der Waals surface area contributed by atoms with Crippen molar-refractivity contribution in [3.05, 3.63) is 25.0 Å². The molecule has 3 heteroatoms. The van der Waals surface area contributed by atoms with E-state index in [1.54, 1.807) is 0 Å². The molecule has 0 unspecified atom stereocenters. The van der Waals surface area contributed by atoms with Crippen LogP contribution in [-0.2, 0) is 4.43 Å². The van der Waals surface area contributed by atoms with E-state index >= 15 is 0 Å². The lowest BCUT2D eigenvalue weighted by molar-refractivity contribution is 0.338. The summed E-state index contributed by atoms with van der Waals surface area (Å²) in [6.45, 7) is 23.5. The molecule has 106 valence electrons. The summed E-state index contributed by atoms with van der Waals surface area (Å²) in [4.78, 5) is 0. The Hall–Kier alpha value is -0.543. The van der Waals surface area contributed by atoms with E-state index < -0.39 is 8.32 Å². The molecule has 0 spiro atoms. The molecule has 0 radical (unpaired) electrons. The summed E-state index contributed by atoms with van der Waals surface area (Å²) in [5.41, 5.74) is 0. The van der Waals surface area contributed by atoms with Crippen LogP contribution in [-0.4, -0.2) is 20.4 Å². The van der Waals surface area contributed by atoms with E-state index in [1.807, 2.05) is 6.08 Å². The van der Waals surface area contributed by atoms with E-state index in [0.717, 1.165) is 12.2 Å². The first-order valence-corrected chi connectivity index (χ1v) is 9.72. The van der Waals surface area contributed by atoms with Crippen molar-refractivity contribution in [2.75, 3.05) is 0 Å². The predicted molar refractivity (Wildman–Crippen MR) is 84.3 cm³/mol. The second-order valence-electron chi connectivity index (χ2n) is 6.52. The van der Waals surface area contributed by atoms with Gasteiger partial charge in [-0.15, -0.1) is 6.58 Å². The van der Waals surface area contributed by atoms with Gasteiger partial charge in [-0.3, -0.25) is 0 Å². The first-order valence-electron chi connectivity index (χ1n) is 6.81. The van der Waals surface area contributed by atoms with Gasteiger partial charge < -0.3 is 9.74 Å². The largest absolute Gasteiger partial charge is 0.545 e. The van der Waals surface area contributed by atoms with Crippen molar-refractivity contribution in [2.45, 2.75) is 71.3 Å². The molecule has 0 saturated carbocycles. The normalized spacial score (nSPS) is 15.9. The predicted octanol–water partition coefficient (Wildman–Crippen LogP) is 4.46. The third kappa shape index (κ3) is 4.98. The van der Waals surface area contributed by atoms with Crippen LogP contribution in [0.4, 0.5) is 0 Å². The van der Waals surface area contributed by atoms with Gasteiger partial charge in [0.15, 0.2) is 0 Å². The highest BCUT2D eigenvalue weighted by molar-refractivity contribution is 6.74. The average molecular weight is 270 g/mol. The zero-order chi connectivity index (χ0) is 14.6. The molecule has 2 nitrogen and oxygen atoms in total. The number of hydrogen-bond acceptors (Lipinski definition) is 2.